The average Bonchev–Trinajstić information content (AvgIpc) is 2.11. The number of ether oxygens (including phenoxy) is 2. The molecular formula is C14H24O4. The smallest absolute Gasteiger partial charge is 0.330 e. The van der Waals surface area contributed by atoms with Crippen molar-refractivity contribution in [2.75, 3.05) is 6.61 Å². The van der Waals surface area contributed by atoms with Crippen LogP contribution in [-0.4, -0.2) is 24.1 Å². The monoisotopic (exact) mass is 256 g/mol. The molecule has 0 fully saturated rings. The summed E-state index contributed by atoms with van der Waals surface area (Å²) >= 11 is 0. The highest BCUT2D eigenvalue weighted by Crippen LogP contribution is 2.24. The molecule has 0 saturated carbocycles. The molecule has 0 saturated heterocycles. The number of rotatable bonds is 5. The van der Waals surface area contributed by atoms with Gasteiger partial charge in [-0.1, -0.05) is 19.9 Å². The van der Waals surface area contributed by atoms with Gasteiger partial charge in [-0.15, -0.1) is 0 Å². The molecule has 0 aromatic carbocycles. The highest BCUT2D eigenvalue weighted by atomic mass is 16.6. The van der Waals surface area contributed by atoms with Crippen LogP contribution in [0.1, 0.15) is 48.0 Å². The standard InChI is InChI=1S/C14H24O4/c1-7-17-11(15)8-9-14(5,6)10-12(16)18-13(2,3)4/h8-9H,7,10H2,1-6H3/b9-8+. The minimum Gasteiger partial charge on any atom is -0.463 e. The summed E-state index contributed by atoms with van der Waals surface area (Å²) in [6, 6.07) is 0. The summed E-state index contributed by atoms with van der Waals surface area (Å²) < 4.78 is 10.0. The van der Waals surface area contributed by atoms with Gasteiger partial charge in [0, 0.05) is 6.08 Å². The highest BCUT2D eigenvalue weighted by Gasteiger charge is 2.24. The Morgan fingerprint density at radius 3 is 2.11 bits per heavy atom. The van der Waals surface area contributed by atoms with Crippen LogP contribution in [0.15, 0.2) is 12.2 Å². The first kappa shape index (κ1) is 16.7. The molecular weight excluding hydrogens is 232 g/mol. The van der Waals surface area contributed by atoms with Crippen molar-refractivity contribution in [3.8, 4) is 0 Å². The fraction of sp³-hybridized carbons (Fsp3) is 0.714. The Kier molecular flexibility index (Phi) is 6.09. The maximum absolute atomic E-state index is 11.7. The molecule has 0 N–H and O–H groups in total. The molecule has 0 aliphatic heterocycles. The minimum absolute atomic E-state index is 0.222. The van der Waals surface area contributed by atoms with Gasteiger partial charge in [-0.2, -0.15) is 0 Å². The van der Waals surface area contributed by atoms with Gasteiger partial charge in [-0.3, -0.25) is 4.79 Å². The summed E-state index contributed by atoms with van der Waals surface area (Å²) in [5, 5.41) is 0. The number of hydrogen-bond acceptors (Lipinski definition) is 4. The normalized spacial score (nSPS) is 12.6. The minimum atomic E-state index is -0.488. The molecule has 0 heterocycles. The molecule has 0 atom stereocenters. The Morgan fingerprint density at radius 1 is 1.11 bits per heavy atom. The third kappa shape index (κ3) is 8.79. The van der Waals surface area contributed by atoms with Crippen LogP contribution >= 0.6 is 0 Å². The molecule has 0 aliphatic carbocycles. The van der Waals surface area contributed by atoms with Gasteiger partial charge in [-0.05, 0) is 33.1 Å². The Labute approximate surface area is 109 Å². The van der Waals surface area contributed by atoms with E-state index >= 15 is 0 Å². The van der Waals surface area contributed by atoms with Gasteiger partial charge in [0.15, 0.2) is 0 Å². The van der Waals surface area contributed by atoms with E-state index in [1.165, 1.54) is 6.08 Å². The van der Waals surface area contributed by atoms with Gasteiger partial charge in [0.05, 0.1) is 13.0 Å². The molecule has 0 bridgehead atoms. The fourth-order valence-electron chi connectivity index (χ4n) is 1.29. The fourth-order valence-corrected chi connectivity index (χ4v) is 1.29. The van der Waals surface area contributed by atoms with E-state index in [1.54, 1.807) is 13.0 Å². The number of allylic oxidation sites excluding steroid dienone is 1. The number of carbonyl (C=O) groups is 2. The zero-order chi connectivity index (χ0) is 14.4. The first-order chi connectivity index (χ1) is 8.06. The van der Waals surface area contributed by atoms with Crippen molar-refractivity contribution in [1.29, 1.82) is 0 Å². The maximum Gasteiger partial charge on any atom is 0.330 e. The van der Waals surface area contributed by atoms with Crippen molar-refractivity contribution in [1.82, 2.24) is 0 Å². The van der Waals surface area contributed by atoms with E-state index in [0.29, 0.717) is 6.61 Å². The third-order valence-corrected chi connectivity index (χ3v) is 1.98. The van der Waals surface area contributed by atoms with E-state index in [-0.39, 0.29) is 12.4 Å². The van der Waals surface area contributed by atoms with Crippen LogP contribution in [0.25, 0.3) is 0 Å². The Balaban J connectivity index is 4.39. The molecule has 4 nitrogen and oxygen atoms in total. The highest BCUT2D eigenvalue weighted by molar-refractivity contribution is 5.82. The van der Waals surface area contributed by atoms with E-state index < -0.39 is 17.0 Å². The molecule has 0 spiro atoms. The van der Waals surface area contributed by atoms with E-state index in [9.17, 15) is 9.59 Å². The summed E-state index contributed by atoms with van der Waals surface area (Å²) in [7, 11) is 0. The Hall–Kier alpha value is -1.32. The maximum atomic E-state index is 11.7. The molecule has 18 heavy (non-hydrogen) atoms. The topological polar surface area (TPSA) is 52.6 Å². The van der Waals surface area contributed by atoms with Crippen LogP contribution in [0.3, 0.4) is 0 Å². The Bertz CT molecular complexity index is 321. The summed E-state index contributed by atoms with van der Waals surface area (Å²) in [5.74, 6) is -0.671. The lowest BCUT2D eigenvalue weighted by molar-refractivity contribution is -0.156. The van der Waals surface area contributed by atoms with Gasteiger partial charge in [-0.25, -0.2) is 4.79 Å². The number of esters is 2. The molecule has 4 heteroatoms. The number of hydrogen-bond donors (Lipinski definition) is 0. The molecule has 0 rings (SSSR count). The second kappa shape index (κ2) is 6.57. The van der Waals surface area contributed by atoms with Crippen LogP contribution in [0.4, 0.5) is 0 Å². The lowest BCUT2D eigenvalue weighted by Gasteiger charge is -2.24. The lowest BCUT2D eigenvalue weighted by atomic mass is 9.89. The van der Waals surface area contributed by atoms with E-state index in [1.807, 2.05) is 34.6 Å². The van der Waals surface area contributed by atoms with Crippen LogP contribution in [0.5, 0.6) is 0 Å². The zero-order valence-electron chi connectivity index (χ0n) is 12.2. The first-order valence-corrected chi connectivity index (χ1v) is 6.13. The molecule has 0 aromatic heterocycles. The van der Waals surface area contributed by atoms with Crippen molar-refractivity contribution in [3.05, 3.63) is 12.2 Å². The van der Waals surface area contributed by atoms with E-state index in [4.69, 9.17) is 9.47 Å². The van der Waals surface area contributed by atoms with Crippen molar-refractivity contribution < 1.29 is 19.1 Å². The van der Waals surface area contributed by atoms with Gasteiger partial charge in [0.1, 0.15) is 5.60 Å². The molecule has 0 amide bonds. The first-order valence-electron chi connectivity index (χ1n) is 6.13. The second-order valence-electron chi connectivity index (χ2n) is 5.84. The van der Waals surface area contributed by atoms with Gasteiger partial charge < -0.3 is 9.47 Å². The van der Waals surface area contributed by atoms with E-state index in [2.05, 4.69) is 0 Å². The number of carbonyl (C=O) groups excluding carboxylic acids is 2. The van der Waals surface area contributed by atoms with Crippen molar-refractivity contribution >= 4 is 11.9 Å². The van der Waals surface area contributed by atoms with Crippen molar-refractivity contribution in [2.45, 2.75) is 53.6 Å². The van der Waals surface area contributed by atoms with Crippen LogP contribution in [-0.2, 0) is 19.1 Å². The summed E-state index contributed by atoms with van der Waals surface area (Å²) in [6.45, 7) is 11.3. The third-order valence-electron chi connectivity index (χ3n) is 1.98. The summed E-state index contributed by atoms with van der Waals surface area (Å²) in [4.78, 5) is 22.9. The zero-order valence-corrected chi connectivity index (χ0v) is 12.2. The Morgan fingerprint density at radius 2 is 1.67 bits per heavy atom. The van der Waals surface area contributed by atoms with Gasteiger partial charge in [0.2, 0.25) is 0 Å². The lowest BCUT2D eigenvalue weighted by Crippen LogP contribution is -2.27. The quantitative estimate of drug-likeness (QED) is 0.560. The summed E-state index contributed by atoms with van der Waals surface area (Å²) in [5.41, 5.74) is -0.923. The molecule has 104 valence electrons. The van der Waals surface area contributed by atoms with Crippen molar-refractivity contribution in [2.24, 2.45) is 5.41 Å². The van der Waals surface area contributed by atoms with Gasteiger partial charge in [0.25, 0.3) is 0 Å². The SMILES string of the molecule is CCOC(=O)/C=C/C(C)(C)CC(=O)OC(C)(C)C. The van der Waals surface area contributed by atoms with Crippen LogP contribution < -0.4 is 0 Å². The second-order valence-corrected chi connectivity index (χ2v) is 5.84. The summed E-state index contributed by atoms with van der Waals surface area (Å²) in [6.07, 6.45) is 3.25. The van der Waals surface area contributed by atoms with E-state index in [0.717, 1.165) is 0 Å². The van der Waals surface area contributed by atoms with Crippen molar-refractivity contribution in [3.63, 3.8) is 0 Å². The molecule has 0 aromatic rings. The molecule has 0 aliphatic rings. The molecule has 0 unspecified atom stereocenters. The largest absolute Gasteiger partial charge is 0.463 e. The predicted molar refractivity (Wildman–Crippen MR) is 70.0 cm³/mol. The molecule has 0 radical (unpaired) electrons. The average molecular weight is 256 g/mol. The van der Waals surface area contributed by atoms with Crippen LogP contribution in [0.2, 0.25) is 0 Å². The van der Waals surface area contributed by atoms with Crippen LogP contribution in [0, 0.1) is 5.41 Å². The van der Waals surface area contributed by atoms with Gasteiger partial charge >= 0.3 is 11.9 Å². The predicted octanol–water partition coefficient (Wildman–Crippen LogP) is 2.86.